The molecular formula is C23H20N2O6. The van der Waals surface area contributed by atoms with Gasteiger partial charge in [-0.3, -0.25) is 9.59 Å². The van der Waals surface area contributed by atoms with E-state index in [4.69, 9.17) is 14.5 Å². The van der Waals surface area contributed by atoms with Gasteiger partial charge in [-0.2, -0.15) is 0 Å². The minimum atomic E-state index is -2.02. The Morgan fingerprint density at radius 1 is 1.32 bits per heavy atom. The third kappa shape index (κ3) is 2.64. The predicted molar refractivity (Wildman–Crippen MR) is 110 cm³/mol. The van der Waals surface area contributed by atoms with Crippen molar-refractivity contribution in [2.45, 2.75) is 38.5 Å². The molecule has 0 amide bonds. The average Bonchev–Trinajstić information content (AvgIpc) is 3.15. The summed E-state index contributed by atoms with van der Waals surface area (Å²) in [6.07, 6.45) is -0.216. The van der Waals surface area contributed by atoms with Crippen LogP contribution in [0.15, 0.2) is 35.1 Å². The minimum Gasteiger partial charge on any atom is -0.469 e. The van der Waals surface area contributed by atoms with Crippen molar-refractivity contribution in [2.75, 3.05) is 7.11 Å². The fourth-order valence-corrected chi connectivity index (χ4v) is 4.61. The van der Waals surface area contributed by atoms with Crippen molar-refractivity contribution in [3.63, 3.8) is 0 Å². The van der Waals surface area contributed by atoms with Crippen molar-refractivity contribution in [3.8, 4) is 11.4 Å². The molecule has 0 bridgehead atoms. The van der Waals surface area contributed by atoms with Gasteiger partial charge < -0.3 is 19.1 Å². The van der Waals surface area contributed by atoms with Gasteiger partial charge in [-0.1, -0.05) is 25.1 Å². The first-order chi connectivity index (χ1) is 14.9. The second-order valence-electron chi connectivity index (χ2n) is 7.80. The minimum absolute atomic E-state index is 0.00605. The van der Waals surface area contributed by atoms with E-state index in [0.717, 1.165) is 16.5 Å². The number of methoxy groups -OCH3 is 1. The molecule has 0 unspecified atom stereocenters. The first kappa shape index (κ1) is 19.4. The number of cyclic esters (lactones) is 1. The second kappa shape index (κ2) is 6.75. The molecule has 0 saturated carbocycles. The van der Waals surface area contributed by atoms with Crippen LogP contribution in [0.2, 0.25) is 0 Å². The summed E-state index contributed by atoms with van der Waals surface area (Å²) < 4.78 is 11.6. The van der Waals surface area contributed by atoms with Crippen LogP contribution in [-0.4, -0.2) is 33.7 Å². The lowest BCUT2D eigenvalue weighted by Crippen LogP contribution is -2.46. The molecule has 0 radical (unpaired) electrons. The molecule has 158 valence electrons. The summed E-state index contributed by atoms with van der Waals surface area (Å²) in [6, 6.07) is 9.57. The molecule has 5 rings (SSSR count). The van der Waals surface area contributed by atoms with E-state index in [1.165, 1.54) is 7.11 Å². The number of nitrogens with zero attached hydrogens (tertiary/aromatic N) is 2. The quantitative estimate of drug-likeness (QED) is 0.504. The lowest BCUT2D eigenvalue weighted by molar-refractivity contribution is -0.172. The third-order valence-electron chi connectivity index (χ3n) is 6.18. The Balaban J connectivity index is 1.89. The summed E-state index contributed by atoms with van der Waals surface area (Å²) in [5.41, 5.74) is 0.909. The number of aromatic nitrogens is 2. The molecule has 2 aliphatic heterocycles. The Labute approximate surface area is 177 Å². The molecule has 1 aromatic carbocycles. The molecule has 0 saturated heterocycles. The topological polar surface area (TPSA) is 108 Å². The fraction of sp³-hybridized carbons (Fsp3) is 0.304. The number of rotatable bonds is 3. The van der Waals surface area contributed by atoms with Crippen molar-refractivity contribution in [3.05, 3.63) is 62.9 Å². The van der Waals surface area contributed by atoms with E-state index >= 15 is 0 Å². The van der Waals surface area contributed by atoms with Crippen molar-refractivity contribution in [1.29, 1.82) is 0 Å². The summed E-state index contributed by atoms with van der Waals surface area (Å²) in [7, 11) is 1.27. The molecule has 1 atom stereocenters. The number of pyridine rings is 2. The lowest BCUT2D eigenvalue weighted by atomic mass is 9.81. The van der Waals surface area contributed by atoms with Crippen LogP contribution in [-0.2, 0) is 44.2 Å². The van der Waals surface area contributed by atoms with Gasteiger partial charge >= 0.3 is 11.9 Å². The average molecular weight is 420 g/mol. The Bertz CT molecular complexity index is 1340. The van der Waals surface area contributed by atoms with Crippen LogP contribution in [0, 0.1) is 0 Å². The van der Waals surface area contributed by atoms with Crippen molar-refractivity contribution < 1.29 is 24.2 Å². The second-order valence-corrected chi connectivity index (χ2v) is 7.80. The van der Waals surface area contributed by atoms with Crippen LogP contribution in [0.25, 0.3) is 22.3 Å². The molecule has 0 spiro atoms. The number of benzene rings is 1. The normalized spacial score (nSPS) is 18.9. The summed E-state index contributed by atoms with van der Waals surface area (Å²) in [5.74, 6) is -1.38. The van der Waals surface area contributed by atoms with Gasteiger partial charge in [0.15, 0.2) is 5.60 Å². The van der Waals surface area contributed by atoms with Crippen LogP contribution in [0.4, 0.5) is 0 Å². The molecule has 8 heteroatoms. The molecule has 3 aromatic rings. The standard InChI is InChI=1S/C23H20N2O6/c1-3-23(29)18-14(9-17(26)30-2)20-19-13(8-12-6-4-5-7-16(12)24-19)10-25(20)21(27)15(18)11-31-22(23)28/h4-8,29H,3,9-11H2,1-2H3/t23-/m0/s1. The molecule has 0 fully saturated rings. The zero-order valence-electron chi connectivity index (χ0n) is 17.1. The van der Waals surface area contributed by atoms with Crippen molar-refractivity contribution >= 4 is 22.8 Å². The Morgan fingerprint density at radius 2 is 2.10 bits per heavy atom. The van der Waals surface area contributed by atoms with Crippen LogP contribution < -0.4 is 5.56 Å². The number of hydrogen-bond acceptors (Lipinski definition) is 7. The zero-order valence-corrected chi connectivity index (χ0v) is 17.1. The molecular weight excluding hydrogens is 400 g/mol. The molecule has 1 N–H and O–H groups in total. The van der Waals surface area contributed by atoms with Crippen molar-refractivity contribution in [2.24, 2.45) is 0 Å². The maximum Gasteiger partial charge on any atom is 0.343 e. The van der Waals surface area contributed by atoms with Gasteiger partial charge in [-0.05, 0) is 24.1 Å². The monoisotopic (exact) mass is 420 g/mol. The van der Waals surface area contributed by atoms with E-state index in [9.17, 15) is 19.5 Å². The highest BCUT2D eigenvalue weighted by molar-refractivity contribution is 5.89. The van der Waals surface area contributed by atoms with Gasteiger partial charge in [0.25, 0.3) is 5.56 Å². The Hall–Kier alpha value is -3.52. The fourth-order valence-electron chi connectivity index (χ4n) is 4.61. The molecule has 31 heavy (non-hydrogen) atoms. The Kier molecular flexibility index (Phi) is 4.23. The van der Waals surface area contributed by atoms with Gasteiger partial charge in [-0.25, -0.2) is 9.78 Å². The Morgan fingerprint density at radius 3 is 2.84 bits per heavy atom. The highest BCUT2D eigenvalue weighted by atomic mass is 16.6. The molecule has 2 aromatic heterocycles. The number of hydrogen-bond donors (Lipinski definition) is 1. The van der Waals surface area contributed by atoms with E-state index < -0.39 is 17.5 Å². The molecule has 2 aliphatic rings. The van der Waals surface area contributed by atoms with E-state index in [1.807, 2.05) is 30.3 Å². The van der Waals surface area contributed by atoms with Crippen LogP contribution in [0.1, 0.15) is 35.6 Å². The number of carbonyl (C=O) groups is 2. The van der Waals surface area contributed by atoms with E-state index in [0.29, 0.717) is 17.0 Å². The highest BCUT2D eigenvalue weighted by Gasteiger charge is 2.48. The number of esters is 2. The molecule has 0 aliphatic carbocycles. The van der Waals surface area contributed by atoms with Crippen molar-refractivity contribution in [1.82, 2.24) is 9.55 Å². The van der Waals surface area contributed by atoms with Crippen LogP contribution in [0.3, 0.4) is 0 Å². The number of ether oxygens (including phenoxy) is 2. The smallest absolute Gasteiger partial charge is 0.343 e. The van der Waals surface area contributed by atoms with Gasteiger partial charge in [0, 0.05) is 16.5 Å². The van der Waals surface area contributed by atoms with Gasteiger partial charge in [0.05, 0.1) is 42.5 Å². The van der Waals surface area contributed by atoms with Crippen LogP contribution >= 0.6 is 0 Å². The largest absolute Gasteiger partial charge is 0.469 e. The highest BCUT2D eigenvalue weighted by Crippen LogP contribution is 2.42. The first-order valence-corrected chi connectivity index (χ1v) is 10.0. The predicted octanol–water partition coefficient (Wildman–Crippen LogP) is 1.80. The van der Waals surface area contributed by atoms with Gasteiger partial charge in [-0.15, -0.1) is 0 Å². The molecule has 4 heterocycles. The number of aliphatic hydroxyl groups is 1. The first-order valence-electron chi connectivity index (χ1n) is 10.0. The van der Waals surface area contributed by atoms with Crippen LogP contribution in [0.5, 0.6) is 0 Å². The lowest BCUT2D eigenvalue weighted by Gasteiger charge is -2.34. The van der Waals surface area contributed by atoms with E-state index in [1.54, 1.807) is 11.5 Å². The van der Waals surface area contributed by atoms with E-state index in [2.05, 4.69) is 0 Å². The van der Waals surface area contributed by atoms with E-state index in [-0.39, 0.29) is 42.7 Å². The third-order valence-corrected chi connectivity index (χ3v) is 6.18. The number of carbonyl (C=O) groups excluding carboxylic acids is 2. The summed E-state index contributed by atoms with van der Waals surface area (Å²) in [6.45, 7) is 1.65. The summed E-state index contributed by atoms with van der Waals surface area (Å²) in [5, 5.41) is 12.2. The maximum atomic E-state index is 13.4. The van der Waals surface area contributed by atoms with Gasteiger partial charge in [0.1, 0.15) is 6.61 Å². The summed E-state index contributed by atoms with van der Waals surface area (Å²) >= 11 is 0. The SMILES string of the molecule is CC[C@@]1(O)C(=O)OCc2c1c(CC(=O)OC)c1n(c2=O)Cc2cc3ccccc3nc2-1. The number of para-hydroxylation sites is 1. The number of fused-ring (bicyclic) bond motifs is 5. The molecule has 8 nitrogen and oxygen atoms in total. The maximum absolute atomic E-state index is 13.4. The van der Waals surface area contributed by atoms with Gasteiger partial charge in [0.2, 0.25) is 0 Å². The zero-order chi connectivity index (χ0) is 21.9. The summed E-state index contributed by atoms with van der Waals surface area (Å²) in [4.78, 5) is 43.0.